The maximum Gasteiger partial charge on any atom is 0.0133 e. The van der Waals surface area contributed by atoms with E-state index in [2.05, 4.69) is 109 Å². The summed E-state index contributed by atoms with van der Waals surface area (Å²) in [4.78, 5) is 0. The number of hydrogen-bond donors (Lipinski definition) is 0. The molecule has 0 fully saturated rings. The van der Waals surface area contributed by atoms with Gasteiger partial charge in [0.2, 0.25) is 0 Å². The Bertz CT molecular complexity index is 481. The number of benzene rings is 2. The molecule has 2 aromatic carbocycles. The van der Waals surface area contributed by atoms with Crippen molar-refractivity contribution in [3.05, 3.63) is 65.8 Å². The van der Waals surface area contributed by atoms with Gasteiger partial charge in [0.15, 0.2) is 0 Å². The fraction of sp³-hybridized carbons (Fsp3) is 0.250. The molecule has 0 aliphatic carbocycles. The van der Waals surface area contributed by atoms with E-state index in [1.807, 2.05) is 0 Å². The minimum atomic E-state index is 1.32. The van der Waals surface area contributed by atoms with Gasteiger partial charge in [0.25, 0.3) is 0 Å². The Labute approximate surface area is 137 Å². The first-order valence-electron chi connectivity index (χ1n) is 5.85. The van der Waals surface area contributed by atoms with Crippen molar-refractivity contribution in [2.75, 3.05) is 0 Å². The van der Waals surface area contributed by atoms with Crippen LogP contribution in [0.15, 0.2) is 36.4 Å². The predicted molar refractivity (Wildman–Crippen MR) is 97.3 cm³/mol. The molecule has 0 atom stereocenters. The highest BCUT2D eigenvalue weighted by molar-refractivity contribution is 14.1. The van der Waals surface area contributed by atoms with Crippen LogP contribution in [0, 0.1) is 34.8 Å². The molecule has 0 amide bonds. The van der Waals surface area contributed by atoms with Crippen molar-refractivity contribution in [1.82, 2.24) is 0 Å². The molecule has 0 N–H and O–H groups in total. The van der Waals surface area contributed by atoms with Crippen LogP contribution in [0.2, 0.25) is 0 Å². The molecular formula is C16H18I2. The minimum Gasteiger partial charge on any atom is -0.0580 e. The van der Waals surface area contributed by atoms with E-state index in [0.29, 0.717) is 0 Å². The van der Waals surface area contributed by atoms with Crippen molar-refractivity contribution in [3.63, 3.8) is 0 Å². The maximum atomic E-state index is 2.32. The first kappa shape index (κ1) is 16.0. The zero-order valence-electron chi connectivity index (χ0n) is 11.2. The Morgan fingerprint density at radius 2 is 0.889 bits per heavy atom. The fourth-order valence-electron chi connectivity index (χ4n) is 1.41. The van der Waals surface area contributed by atoms with Crippen LogP contribution in [0.4, 0.5) is 0 Å². The first-order valence-corrected chi connectivity index (χ1v) is 8.01. The predicted octanol–water partition coefficient (Wildman–Crippen LogP) is 5.82. The highest BCUT2D eigenvalue weighted by atomic mass is 127. The molecule has 0 radical (unpaired) electrons. The third-order valence-electron chi connectivity index (χ3n) is 2.94. The maximum absolute atomic E-state index is 2.32. The second-order valence-corrected chi connectivity index (χ2v) is 6.95. The molecule has 0 unspecified atom stereocenters. The van der Waals surface area contributed by atoms with E-state index < -0.39 is 0 Å². The monoisotopic (exact) mass is 464 g/mol. The van der Waals surface area contributed by atoms with Gasteiger partial charge in [0, 0.05) is 7.14 Å². The van der Waals surface area contributed by atoms with Crippen molar-refractivity contribution >= 4 is 45.2 Å². The standard InChI is InChI=1S/2C8H9I/c2*1-6-3-4-8(9)5-7(6)2/h2*3-5H,1-2H3. The fourth-order valence-corrected chi connectivity index (χ4v) is 2.70. The second-order valence-electron chi connectivity index (χ2n) is 4.46. The second kappa shape index (κ2) is 7.48. The van der Waals surface area contributed by atoms with Crippen molar-refractivity contribution in [2.45, 2.75) is 27.7 Å². The van der Waals surface area contributed by atoms with Gasteiger partial charge in [-0.15, -0.1) is 0 Å². The van der Waals surface area contributed by atoms with E-state index in [-0.39, 0.29) is 0 Å². The Balaban J connectivity index is 0.000000180. The number of aryl methyl sites for hydroxylation is 4. The third kappa shape index (κ3) is 5.26. The minimum absolute atomic E-state index is 1.32. The molecule has 0 aliphatic rings. The topological polar surface area (TPSA) is 0 Å². The summed E-state index contributed by atoms with van der Waals surface area (Å²) in [5.41, 5.74) is 5.50. The molecule has 0 nitrogen and oxygen atoms in total. The lowest BCUT2D eigenvalue weighted by Crippen LogP contribution is -1.79. The van der Waals surface area contributed by atoms with E-state index in [1.165, 1.54) is 29.4 Å². The van der Waals surface area contributed by atoms with Crippen LogP contribution >= 0.6 is 45.2 Å². The first-order chi connectivity index (χ1) is 8.40. The number of halogens is 2. The van der Waals surface area contributed by atoms with Gasteiger partial charge in [0.05, 0.1) is 0 Å². The van der Waals surface area contributed by atoms with E-state index >= 15 is 0 Å². The summed E-state index contributed by atoms with van der Waals surface area (Å²) in [5, 5.41) is 0. The molecule has 0 heterocycles. The van der Waals surface area contributed by atoms with Crippen LogP contribution in [0.3, 0.4) is 0 Å². The van der Waals surface area contributed by atoms with Gasteiger partial charge in [-0.2, -0.15) is 0 Å². The van der Waals surface area contributed by atoms with Crippen molar-refractivity contribution in [2.24, 2.45) is 0 Å². The summed E-state index contributed by atoms with van der Waals surface area (Å²) in [6, 6.07) is 12.9. The van der Waals surface area contributed by atoms with Crippen LogP contribution in [-0.4, -0.2) is 0 Å². The van der Waals surface area contributed by atoms with Gasteiger partial charge >= 0.3 is 0 Å². The van der Waals surface area contributed by atoms with E-state index in [9.17, 15) is 0 Å². The Kier molecular flexibility index (Phi) is 6.63. The van der Waals surface area contributed by atoms with Crippen molar-refractivity contribution in [3.8, 4) is 0 Å². The molecule has 0 saturated carbocycles. The molecule has 18 heavy (non-hydrogen) atoms. The van der Waals surface area contributed by atoms with E-state index in [0.717, 1.165) is 0 Å². The molecule has 96 valence electrons. The molecular weight excluding hydrogens is 446 g/mol. The lowest BCUT2D eigenvalue weighted by molar-refractivity contribution is 1.33. The van der Waals surface area contributed by atoms with Gasteiger partial charge in [0.1, 0.15) is 0 Å². The quantitative estimate of drug-likeness (QED) is 0.432. The Morgan fingerprint density at radius 1 is 0.556 bits per heavy atom. The van der Waals surface area contributed by atoms with Crippen LogP contribution in [0.25, 0.3) is 0 Å². The lowest BCUT2D eigenvalue weighted by Gasteiger charge is -1.97. The van der Waals surface area contributed by atoms with Crippen LogP contribution < -0.4 is 0 Å². The number of hydrogen-bond acceptors (Lipinski definition) is 0. The molecule has 0 aliphatic heterocycles. The molecule has 2 rings (SSSR count). The van der Waals surface area contributed by atoms with Gasteiger partial charge in [-0.1, -0.05) is 12.1 Å². The summed E-state index contributed by atoms with van der Waals surface area (Å²) < 4.78 is 2.63. The Hall–Kier alpha value is -0.100. The highest BCUT2D eigenvalue weighted by Crippen LogP contribution is 2.11. The third-order valence-corrected chi connectivity index (χ3v) is 4.28. The highest BCUT2D eigenvalue weighted by Gasteiger charge is 1.90. The van der Waals surface area contributed by atoms with Gasteiger partial charge in [-0.25, -0.2) is 0 Å². The smallest absolute Gasteiger partial charge is 0.0133 e. The molecule has 2 aromatic rings. The average Bonchev–Trinajstić information content (AvgIpc) is 2.30. The number of rotatable bonds is 0. The van der Waals surface area contributed by atoms with E-state index in [4.69, 9.17) is 0 Å². The van der Waals surface area contributed by atoms with Gasteiger partial charge in [-0.05, 0) is 119 Å². The molecule has 0 spiro atoms. The summed E-state index contributed by atoms with van der Waals surface area (Å²) in [5.74, 6) is 0. The lowest BCUT2D eigenvalue weighted by atomic mass is 10.1. The molecule has 0 saturated heterocycles. The van der Waals surface area contributed by atoms with Crippen molar-refractivity contribution in [1.29, 1.82) is 0 Å². The van der Waals surface area contributed by atoms with Crippen LogP contribution in [0.5, 0.6) is 0 Å². The Morgan fingerprint density at radius 3 is 1.11 bits per heavy atom. The molecule has 2 heteroatoms. The van der Waals surface area contributed by atoms with Crippen LogP contribution in [-0.2, 0) is 0 Å². The zero-order chi connectivity index (χ0) is 13.7. The summed E-state index contributed by atoms with van der Waals surface area (Å²) in [6.07, 6.45) is 0. The summed E-state index contributed by atoms with van der Waals surface area (Å²) in [6.45, 7) is 8.53. The van der Waals surface area contributed by atoms with Crippen LogP contribution in [0.1, 0.15) is 22.3 Å². The molecule has 0 aromatic heterocycles. The van der Waals surface area contributed by atoms with E-state index in [1.54, 1.807) is 0 Å². The van der Waals surface area contributed by atoms with Crippen molar-refractivity contribution < 1.29 is 0 Å². The van der Waals surface area contributed by atoms with Gasteiger partial charge < -0.3 is 0 Å². The summed E-state index contributed by atoms with van der Waals surface area (Å²) >= 11 is 4.64. The van der Waals surface area contributed by atoms with Gasteiger partial charge in [-0.3, -0.25) is 0 Å². The zero-order valence-corrected chi connectivity index (χ0v) is 15.5. The normalized spacial score (nSPS) is 9.67. The SMILES string of the molecule is Cc1ccc(I)cc1C.Cc1ccc(I)cc1C. The molecule has 0 bridgehead atoms. The average molecular weight is 464 g/mol. The largest absolute Gasteiger partial charge is 0.0580 e. The summed E-state index contributed by atoms with van der Waals surface area (Å²) in [7, 11) is 0.